The highest BCUT2D eigenvalue weighted by molar-refractivity contribution is 5.79. The quantitative estimate of drug-likeness (QED) is 0.340. The number of hydrogen-bond acceptors (Lipinski definition) is 2. The summed E-state index contributed by atoms with van der Waals surface area (Å²) in [6, 6.07) is 0. The third-order valence-corrected chi connectivity index (χ3v) is 0.973. The van der Waals surface area contributed by atoms with Crippen LogP contribution in [-0.2, 0) is 4.74 Å². The van der Waals surface area contributed by atoms with Gasteiger partial charge >= 0.3 is 0 Å². The maximum Gasteiger partial charge on any atom is 0.0935 e. The van der Waals surface area contributed by atoms with Crippen molar-refractivity contribution in [1.82, 2.24) is 0 Å². The Morgan fingerprint density at radius 1 is 1.67 bits per heavy atom. The second-order valence-electron chi connectivity index (χ2n) is 1.72. The molecular formula is C6H14N2O. The molecule has 0 aliphatic carbocycles. The predicted octanol–water partition coefficient (Wildman–Crippen LogP) is 0.400. The number of rotatable bonds is 4. The van der Waals surface area contributed by atoms with Gasteiger partial charge in [0.05, 0.1) is 19.0 Å². The van der Waals surface area contributed by atoms with E-state index in [2.05, 4.69) is 4.99 Å². The predicted molar refractivity (Wildman–Crippen MR) is 38.7 cm³/mol. The van der Waals surface area contributed by atoms with E-state index >= 15 is 0 Å². The monoisotopic (exact) mass is 130 g/mol. The van der Waals surface area contributed by atoms with Crippen LogP contribution in [0, 0.1) is 0 Å². The Balaban J connectivity index is 3.21. The Morgan fingerprint density at radius 2 is 2.33 bits per heavy atom. The third kappa shape index (κ3) is 5.30. The van der Waals surface area contributed by atoms with Crippen molar-refractivity contribution in [2.24, 2.45) is 10.7 Å². The molecule has 0 aromatic carbocycles. The van der Waals surface area contributed by atoms with Crippen LogP contribution in [0.5, 0.6) is 0 Å². The van der Waals surface area contributed by atoms with Crippen molar-refractivity contribution in [2.45, 2.75) is 13.3 Å². The Bertz CT molecular complexity index is 91.1. The van der Waals surface area contributed by atoms with Crippen LogP contribution in [0.4, 0.5) is 0 Å². The first kappa shape index (κ1) is 8.43. The van der Waals surface area contributed by atoms with Crippen molar-refractivity contribution in [2.75, 3.05) is 20.3 Å². The fraction of sp³-hybridized carbons (Fsp3) is 0.833. The Hall–Kier alpha value is -0.570. The fourth-order valence-corrected chi connectivity index (χ4v) is 0.392. The maximum absolute atomic E-state index is 5.41. The fourth-order valence-electron chi connectivity index (χ4n) is 0.392. The number of nitrogens with zero attached hydrogens (tertiary/aromatic N) is 1. The van der Waals surface area contributed by atoms with Gasteiger partial charge in [0.15, 0.2) is 0 Å². The normalized spacial score (nSPS) is 12.0. The average Bonchev–Trinajstić information content (AvgIpc) is 1.89. The molecule has 0 aromatic heterocycles. The highest BCUT2D eigenvalue weighted by Crippen LogP contribution is 1.77. The summed E-state index contributed by atoms with van der Waals surface area (Å²) in [7, 11) is 1.65. The topological polar surface area (TPSA) is 47.6 Å². The first-order chi connectivity index (χ1) is 4.31. The van der Waals surface area contributed by atoms with Gasteiger partial charge < -0.3 is 10.5 Å². The molecule has 0 spiro atoms. The largest absolute Gasteiger partial charge is 0.387 e. The molecule has 9 heavy (non-hydrogen) atoms. The molecule has 0 rings (SSSR count). The van der Waals surface area contributed by atoms with E-state index < -0.39 is 0 Å². The lowest BCUT2D eigenvalue weighted by atomic mass is 10.4. The molecule has 0 aliphatic rings. The lowest BCUT2D eigenvalue weighted by Gasteiger charge is -1.94. The zero-order valence-electron chi connectivity index (χ0n) is 6.05. The second kappa shape index (κ2) is 5.56. The smallest absolute Gasteiger partial charge is 0.0935 e. The van der Waals surface area contributed by atoms with Gasteiger partial charge in [-0.3, -0.25) is 4.99 Å². The van der Waals surface area contributed by atoms with Crippen LogP contribution in [0.2, 0.25) is 0 Å². The third-order valence-electron chi connectivity index (χ3n) is 0.973. The minimum Gasteiger partial charge on any atom is -0.387 e. The van der Waals surface area contributed by atoms with E-state index in [-0.39, 0.29) is 0 Å². The average molecular weight is 130 g/mol. The van der Waals surface area contributed by atoms with Crippen molar-refractivity contribution < 1.29 is 4.74 Å². The molecule has 0 aliphatic heterocycles. The number of ether oxygens (including phenoxy) is 1. The van der Waals surface area contributed by atoms with E-state index in [1.807, 2.05) is 6.92 Å². The summed E-state index contributed by atoms with van der Waals surface area (Å²) >= 11 is 0. The molecule has 0 fully saturated rings. The molecule has 0 saturated heterocycles. The molecule has 0 amide bonds. The van der Waals surface area contributed by atoms with Gasteiger partial charge in [-0.05, 0) is 0 Å². The van der Waals surface area contributed by atoms with Gasteiger partial charge in [-0.2, -0.15) is 0 Å². The van der Waals surface area contributed by atoms with E-state index in [1.165, 1.54) is 0 Å². The van der Waals surface area contributed by atoms with E-state index in [0.717, 1.165) is 6.42 Å². The summed E-state index contributed by atoms with van der Waals surface area (Å²) in [6.45, 7) is 3.31. The number of aliphatic imine (C=N–C) groups is 1. The van der Waals surface area contributed by atoms with E-state index in [0.29, 0.717) is 19.0 Å². The molecule has 0 heterocycles. The van der Waals surface area contributed by atoms with Crippen LogP contribution < -0.4 is 5.73 Å². The molecular weight excluding hydrogens is 116 g/mol. The molecule has 3 heteroatoms. The van der Waals surface area contributed by atoms with Crippen molar-refractivity contribution in [3.63, 3.8) is 0 Å². The molecule has 3 nitrogen and oxygen atoms in total. The van der Waals surface area contributed by atoms with Gasteiger partial charge in [-0.25, -0.2) is 0 Å². The van der Waals surface area contributed by atoms with Gasteiger partial charge in [0, 0.05) is 13.5 Å². The highest BCUT2D eigenvalue weighted by Gasteiger charge is 1.83. The zero-order valence-corrected chi connectivity index (χ0v) is 6.05. The molecule has 0 atom stereocenters. The van der Waals surface area contributed by atoms with Gasteiger partial charge in [0.2, 0.25) is 0 Å². The molecule has 0 saturated carbocycles. The second-order valence-corrected chi connectivity index (χ2v) is 1.72. The van der Waals surface area contributed by atoms with Crippen LogP contribution in [0.15, 0.2) is 4.99 Å². The summed E-state index contributed by atoms with van der Waals surface area (Å²) in [5, 5.41) is 0. The van der Waals surface area contributed by atoms with Crippen LogP contribution in [0.25, 0.3) is 0 Å². The summed E-state index contributed by atoms with van der Waals surface area (Å²) in [5.74, 6) is 0.701. The van der Waals surface area contributed by atoms with Crippen LogP contribution in [0.3, 0.4) is 0 Å². The van der Waals surface area contributed by atoms with E-state index in [4.69, 9.17) is 10.5 Å². The zero-order chi connectivity index (χ0) is 7.11. The van der Waals surface area contributed by atoms with Crippen molar-refractivity contribution in [1.29, 1.82) is 0 Å². The summed E-state index contributed by atoms with van der Waals surface area (Å²) in [4.78, 5) is 4.00. The summed E-state index contributed by atoms with van der Waals surface area (Å²) in [6.07, 6.45) is 0.823. The van der Waals surface area contributed by atoms with Crippen LogP contribution >= 0.6 is 0 Å². The van der Waals surface area contributed by atoms with Gasteiger partial charge in [-0.15, -0.1) is 0 Å². The molecule has 0 unspecified atom stereocenters. The molecule has 54 valence electrons. The van der Waals surface area contributed by atoms with Crippen molar-refractivity contribution in [3.05, 3.63) is 0 Å². The van der Waals surface area contributed by atoms with E-state index in [1.54, 1.807) is 7.11 Å². The van der Waals surface area contributed by atoms with Crippen LogP contribution in [0.1, 0.15) is 13.3 Å². The number of hydrogen-bond donors (Lipinski definition) is 1. The Morgan fingerprint density at radius 3 is 2.78 bits per heavy atom. The lowest BCUT2D eigenvalue weighted by molar-refractivity contribution is 0.208. The molecule has 0 aromatic rings. The van der Waals surface area contributed by atoms with Gasteiger partial charge in [-0.1, -0.05) is 6.92 Å². The minimum atomic E-state index is 0.653. The first-order valence-electron chi connectivity index (χ1n) is 3.09. The highest BCUT2D eigenvalue weighted by atomic mass is 16.5. The summed E-state index contributed by atoms with van der Waals surface area (Å²) < 4.78 is 4.77. The van der Waals surface area contributed by atoms with Crippen molar-refractivity contribution >= 4 is 5.84 Å². The maximum atomic E-state index is 5.41. The number of methoxy groups -OCH3 is 1. The van der Waals surface area contributed by atoms with Gasteiger partial charge in [0.25, 0.3) is 0 Å². The Labute approximate surface area is 55.9 Å². The lowest BCUT2D eigenvalue weighted by Crippen LogP contribution is -2.11. The number of nitrogens with two attached hydrogens (primary N) is 1. The molecule has 0 radical (unpaired) electrons. The molecule has 0 bridgehead atoms. The minimum absolute atomic E-state index is 0.653. The van der Waals surface area contributed by atoms with Crippen LogP contribution in [-0.4, -0.2) is 26.1 Å². The van der Waals surface area contributed by atoms with Gasteiger partial charge in [0.1, 0.15) is 0 Å². The summed E-state index contributed by atoms with van der Waals surface area (Å²) in [5.41, 5.74) is 5.41. The van der Waals surface area contributed by atoms with E-state index in [9.17, 15) is 0 Å². The van der Waals surface area contributed by atoms with Crippen molar-refractivity contribution in [3.8, 4) is 0 Å². The standard InChI is InChI=1S/C6H14N2O/c1-3-6(7)8-4-5-9-2/h3-5H2,1-2H3,(H2,7,8). The Kier molecular flexibility index (Phi) is 5.21. The number of amidine groups is 1. The first-order valence-corrected chi connectivity index (χ1v) is 3.09. The molecule has 2 N–H and O–H groups in total. The SMILES string of the molecule is CCC(N)=NCCOC.